The summed E-state index contributed by atoms with van der Waals surface area (Å²) in [4.78, 5) is 12.6. The number of hydrogen-bond acceptors (Lipinski definition) is 5. The predicted molar refractivity (Wildman–Crippen MR) is 112 cm³/mol. The summed E-state index contributed by atoms with van der Waals surface area (Å²) >= 11 is 12.1. The van der Waals surface area contributed by atoms with Gasteiger partial charge in [-0.15, -0.1) is 0 Å². The van der Waals surface area contributed by atoms with Gasteiger partial charge in [0.1, 0.15) is 24.2 Å². The molecule has 0 aliphatic carbocycles. The maximum absolute atomic E-state index is 12.6. The highest BCUT2D eigenvalue weighted by atomic mass is 35.5. The van der Waals surface area contributed by atoms with Crippen molar-refractivity contribution in [2.45, 2.75) is 19.6 Å². The third kappa shape index (κ3) is 4.85. The van der Waals surface area contributed by atoms with E-state index in [1.54, 1.807) is 37.3 Å². The van der Waals surface area contributed by atoms with Crippen molar-refractivity contribution in [3.63, 3.8) is 0 Å². The van der Waals surface area contributed by atoms with Crippen molar-refractivity contribution in [2.24, 2.45) is 0 Å². The molecule has 154 valence electrons. The number of aliphatic hydroxyl groups excluding tert-OH is 2. The zero-order chi connectivity index (χ0) is 21.0. The Bertz CT molecular complexity index is 1020. The van der Waals surface area contributed by atoms with E-state index < -0.39 is 18.7 Å². The minimum Gasteiger partial charge on any atom is -0.490 e. The average molecular weight is 438 g/mol. The zero-order valence-corrected chi connectivity index (χ0v) is 17.3. The standard InChI is InChI=1S/C21H21Cl2NO5/c1-2-28-21(27)19-9-15-18(4-3-5-20(15)29-12-14(26)11-25)24(19)10-13-6-7-16(22)17(23)8-13/h3-9,14,25-26H,2,10-12H2,1H3. The molecule has 6 nitrogen and oxygen atoms in total. The molecule has 0 saturated heterocycles. The molecule has 8 heteroatoms. The van der Waals surface area contributed by atoms with E-state index in [2.05, 4.69) is 0 Å². The fourth-order valence-corrected chi connectivity index (χ4v) is 3.31. The molecular formula is C21H21Cl2NO5. The maximum atomic E-state index is 12.6. The highest BCUT2D eigenvalue weighted by Crippen LogP contribution is 2.31. The number of rotatable bonds is 8. The Morgan fingerprint density at radius 1 is 1.17 bits per heavy atom. The van der Waals surface area contributed by atoms with Crippen molar-refractivity contribution in [2.75, 3.05) is 19.8 Å². The Hall–Kier alpha value is -2.25. The van der Waals surface area contributed by atoms with Gasteiger partial charge in [0.2, 0.25) is 0 Å². The van der Waals surface area contributed by atoms with Crippen LogP contribution in [-0.4, -0.2) is 46.7 Å². The minimum absolute atomic E-state index is 0.0671. The first-order chi connectivity index (χ1) is 13.9. The van der Waals surface area contributed by atoms with Gasteiger partial charge >= 0.3 is 5.97 Å². The van der Waals surface area contributed by atoms with E-state index >= 15 is 0 Å². The van der Waals surface area contributed by atoms with Crippen molar-refractivity contribution in [3.8, 4) is 5.75 Å². The molecule has 1 unspecified atom stereocenters. The number of halogens is 2. The topological polar surface area (TPSA) is 80.9 Å². The van der Waals surface area contributed by atoms with Crippen LogP contribution in [0.5, 0.6) is 5.75 Å². The number of nitrogens with zero attached hydrogens (tertiary/aromatic N) is 1. The Balaban J connectivity index is 2.06. The monoisotopic (exact) mass is 437 g/mol. The van der Waals surface area contributed by atoms with Gasteiger partial charge in [-0.3, -0.25) is 0 Å². The summed E-state index contributed by atoms with van der Waals surface area (Å²) in [7, 11) is 0. The van der Waals surface area contributed by atoms with Crippen molar-refractivity contribution < 1.29 is 24.5 Å². The summed E-state index contributed by atoms with van der Waals surface area (Å²) in [6.45, 7) is 1.90. The molecule has 0 fully saturated rings. The number of hydrogen-bond donors (Lipinski definition) is 2. The van der Waals surface area contributed by atoms with Crippen LogP contribution in [0.1, 0.15) is 23.0 Å². The Labute approximate surface area is 178 Å². The average Bonchev–Trinajstić information content (AvgIpc) is 3.08. The van der Waals surface area contributed by atoms with Crippen LogP contribution in [0.25, 0.3) is 10.9 Å². The van der Waals surface area contributed by atoms with Crippen LogP contribution in [0.2, 0.25) is 10.0 Å². The Kier molecular flexibility index (Phi) is 7.03. The Morgan fingerprint density at radius 3 is 2.66 bits per heavy atom. The molecule has 2 aromatic carbocycles. The van der Waals surface area contributed by atoms with Crippen LogP contribution in [0.4, 0.5) is 0 Å². The molecule has 3 aromatic rings. The molecular weight excluding hydrogens is 417 g/mol. The van der Waals surface area contributed by atoms with Gasteiger partial charge in [-0.05, 0) is 42.8 Å². The van der Waals surface area contributed by atoms with E-state index in [1.165, 1.54) is 0 Å². The molecule has 3 rings (SSSR count). The number of aliphatic hydroxyl groups is 2. The number of benzene rings is 2. The maximum Gasteiger partial charge on any atom is 0.354 e. The lowest BCUT2D eigenvalue weighted by molar-refractivity contribution is 0.0515. The molecule has 0 radical (unpaired) electrons. The van der Waals surface area contributed by atoms with Gasteiger partial charge in [0.15, 0.2) is 0 Å². The molecule has 0 aliphatic heterocycles. The second kappa shape index (κ2) is 9.50. The van der Waals surface area contributed by atoms with E-state index in [9.17, 15) is 9.90 Å². The van der Waals surface area contributed by atoms with Crippen LogP contribution >= 0.6 is 23.2 Å². The van der Waals surface area contributed by atoms with Crippen LogP contribution < -0.4 is 4.74 Å². The third-order valence-corrected chi connectivity index (χ3v) is 5.10. The number of fused-ring (bicyclic) bond motifs is 1. The lowest BCUT2D eigenvalue weighted by Gasteiger charge is -2.12. The number of carbonyl (C=O) groups excluding carboxylic acids is 1. The summed E-state index contributed by atoms with van der Waals surface area (Å²) in [5.41, 5.74) is 1.99. The smallest absolute Gasteiger partial charge is 0.354 e. The first-order valence-electron chi connectivity index (χ1n) is 9.09. The van der Waals surface area contributed by atoms with Crippen molar-refractivity contribution >= 4 is 40.1 Å². The molecule has 1 atom stereocenters. The number of aromatic nitrogens is 1. The summed E-state index contributed by atoms with van der Waals surface area (Å²) in [6.07, 6.45) is -0.993. The number of carbonyl (C=O) groups is 1. The van der Waals surface area contributed by atoms with Crippen molar-refractivity contribution in [3.05, 3.63) is 63.8 Å². The van der Waals surface area contributed by atoms with Gasteiger partial charge in [-0.25, -0.2) is 4.79 Å². The molecule has 1 heterocycles. The lowest BCUT2D eigenvalue weighted by atomic mass is 10.2. The van der Waals surface area contributed by atoms with Gasteiger partial charge in [0.25, 0.3) is 0 Å². The largest absolute Gasteiger partial charge is 0.490 e. The van der Waals surface area contributed by atoms with Gasteiger partial charge in [0, 0.05) is 11.9 Å². The number of ether oxygens (including phenoxy) is 2. The molecule has 0 spiro atoms. The third-order valence-electron chi connectivity index (χ3n) is 4.36. The van der Waals surface area contributed by atoms with Crippen molar-refractivity contribution in [1.29, 1.82) is 0 Å². The van der Waals surface area contributed by atoms with Crippen LogP contribution in [0.3, 0.4) is 0 Å². The van der Waals surface area contributed by atoms with Gasteiger partial charge in [-0.2, -0.15) is 0 Å². The van der Waals surface area contributed by atoms with E-state index in [-0.39, 0.29) is 13.2 Å². The molecule has 0 bridgehead atoms. The predicted octanol–water partition coefficient (Wildman–Crippen LogP) is 3.91. The molecule has 0 saturated carbocycles. The first kappa shape index (κ1) is 21.5. The van der Waals surface area contributed by atoms with E-state index in [0.717, 1.165) is 11.1 Å². The molecule has 2 N–H and O–H groups in total. The summed E-state index contributed by atoms with van der Waals surface area (Å²) in [5, 5.41) is 20.2. The van der Waals surface area contributed by atoms with Crippen LogP contribution in [0.15, 0.2) is 42.5 Å². The van der Waals surface area contributed by atoms with Gasteiger partial charge in [0.05, 0.1) is 28.8 Å². The van der Waals surface area contributed by atoms with Crippen molar-refractivity contribution in [1.82, 2.24) is 4.57 Å². The van der Waals surface area contributed by atoms with Gasteiger partial charge < -0.3 is 24.3 Å². The highest BCUT2D eigenvalue weighted by Gasteiger charge is 2.20. The van der Waals surface area contributed by atoms with Crippen LogP contribution in [-0.2, 0) is 11.3 Å². The molecule has 0 aliphatic rings. The molecule has 1 aromatic heterocycles. The summed E-state index contributed by atoms with van der Waals surface area (Å²) in [6, 6.07) is 12.4. The van der Waals surface area contributed by atoms with E-state index in [4.69, 9.17) is 37.8 Å². The second-order valence-electron chi connectivity index (χ2n) is 6.42. The highest BCUT2D eigenvalue weighted by molar-refractivity contribution is 6.42. The summed E-state index contributed by atoms with van der Waals surface area (Å²) in [5.74, 6) is 0.0403. The van der Waals surface area contributed by atoms with Gasteiger partial charge in [-0.1, -0.05) is 35.3 Å². The number of esters is 1. The molecule has 0 amide bonds. The Morgan fingerprint density at radius 2 is 1.97 bits per heavy atom. The SMILES string of the molecule is CCOC(=O)c1cc2c(OCC(O)CO)cccc2n1Cc1ccc(Cl)c(Cl)c1. The van der Waals surface area contributed by atoms with E-state index in [0.29, 0.717) is 33.4 Å². The fourth-order valence-electron chi connectivity index (χ4n) is 2.99. The van der Waals surface area contributed by atoms with Crippen LogP contribution in [0, 0.1) is 0 Å². The second-order valence-corrected chi connectivity index (χ2v) is 7.24. The minimum atomic E-state index is -0.993. The normalized spacial score (nSPS) is 12.2. The lowest BCUT2D eigenvalue weighted by Crippen LogP contribution is -2.21. The van der Waals surface area contributed by atoms with E-state index in [1.807, 2.05) is 16.7 Å². The quantitative estimate of drug-likeness (QED) is 0.522. The first-order valence-corrected chi connectivity index (χ1v) is 9.85. The summed E-state index contributed by atoms with van der Waals surface area (Å²) < 4.78 is 12.7. The zero-order valence-electron chi connectivity index (χ0n) is 15.8. The molecule has 29 heavy (non-hydrogen) atoms. The fraction of sp³-hybridized carbons (Fsp3) is 0.286.